The lowest BCUT2D eigenvalue weighted by Crippen LogP contribution is -2.51. The van der Waals surface area contributed by atoms with Crippen molar-refractivity contribution in [1.29, 1.82) is 0 Å². The Balaban J connectivity index is 2.43. The highest BCUT2D eigenvalue weighted by Gasteiger charge is 2.31. The summed E-state index contributed by atoms with van der Waals surface area (Å²) in [5, 5.41) is 3.10. The van der Waals surface area contributed by atoms with E-state index in [-0.39, 0.29) is 23.3 Å². The minimum atomic E-state index is -0.310. The molecule has 19 heavy (non-hydrogen) atoms. The smallest absolute Gasteiger partial charge is 0.225 e. The molecule has 110 valence electrons. The zero-order valence-electron chi connectivity index (χ0n) is 12.8. The van der Waals surface area contributed by atoms with Crippen molar-refractivity contribution in [3.63, 3.8) is 0 Å². The lowest BCUT2D eigenvalue weighted by molar-refractivity contribution is -0.136. The van der Waals surface area contributed by atoms with Gasteiger partial charge in [-0.15, -0.1) is 0 Å². The van der Waals surface area contributed by atoms with Crippen LogP contribution in [0.25, 0.3) is 0 Å². The molecule has 0 aromatic rings. The van der Waals surface area contributed by atoms with Gasteiger partial charge in [-0.2, -0.15) is 0 Å². The van der Waals surface area contributed by atoms with E-state index in [0.717, 1.165) is 19.3 Å². The Labute approximate surface area is 116 Å². The third-order valence-corrected chi connectivity index (χ3v) is 3.98. The van der Waals surface area contributed by atoms with E-state index in [1.807, 2.05) is 13.8 Å². The van der Waals surface area contributed by atoms with Crippen molar-refractivity contribution in [3.8, 4) is 0 Å². The highest BCUT2D eigenvalue weighted by molar-refractivity contribution is 5.82. The molecule has 1 rings (SSSR count). The normalized spacial score (nSPS) is 20.5. The summed E-state index contributed by atoms with van der Waals surface area (Å²) in [4.78, 5) is 25.4. The number of carbonyl (C=O) groups excluding carboxylic acids is 2. The van der Waals surface area contributed by atoms with E-state index in [1.165, 1.54) is 12.8 Å². The van der Waals surface area contributed by atoms with E-state index in [9.17, 15) is 9.59 Å². The van der Waals surface area contributed by atoms with E-state index >= 15 is 0 Å². The quantitative estimate of drug-likeness (QED) is 0.752. The van der Waals surface area contributed by atoms with Crippen molar-refractivity contribution in [2.75, 3.05) is 13.6 Å². The van der Waals surface area contributed by atoms with Gasteiger partial charge in [0.25, 0.3) is 0 Å². The fourth-order valence-electron chi connectivity index (χ4n) is 2.44. The Morgan fingerprint density at radius 1 is 1.42 bits per heavy atom. The van der Waals surface area contributed by atoms with Crippen molar-refractivity contribution in [1.82, 2.24) is 10.2 Å². The average molecular weight is 268 g/mol. The number of piperidine rings is 1. The van der Waals surface area contributed by atoms with Crippen molar-refractivity contribution in [3.05, 3.63) is 0 Å². The monoisotopic (exact) mass is 268 g/mol. The van der Waals surface area contributed by atoms with Gasteiger partial charge in [-0.05, 0) is 12.8 Å². The molecule has 1 atom stereocenters. The SMILES string of the molecule is CCCCCC(C)(C)C(=O)NC1CCC(=O)N(C)C1. The molecular weight excluding hydrogens is 240 g/mol. The maximum Gasteiger partial charge on any atom is 0.225 e. The number of hydrogen-bond donors (Lipinski definition) is 1. The predicted octanol–water partition coefficient (Wildman–Crippen LogP) is 2.33. The zero-order chi connectivity index (χ0) is 14.5. The van der Waals surface area contributed by atoms with Crippen LogP contribution in [0.2, 0.25) is 0 Å². The molecule has 1 aliphatic rings. The third kappa shape index (κ3) is 4.84. The second-order valence-corrected chi connectivity index (χ2v) is 6.32. The van der Waals surface area contributed by atoms with Gasteiger partial charge in [0, 0.05) is 31.5 Å². The Kier molecular flexibility index (Phi) is 5.83. The number of amides is 2. The highest BCUT2D eigenvalue weighted by Crippen LogP contribution is 2.24. The van der Waals surface area contributed by atoms with Crippen LogP contribution in [0.3, 0.4) is 0 Å². The average Bonchev–Trinajstić information content (AvgIpc) is 2.34. The summed E-state index contributed by atoms with van der Waals surface area (Å²) in [5.41, 5.74) is -0.310. The second-order valence-electron chi connectivity index (χ2n) is 6.32. The minimum absolute atomic E-state index is 0.112. The first-order valence-electron chi connectivity index (χ1n) is 7.41. The van der Waals surface area contributed by atoms with E-state index in [2.05, 4.69) is 12.2 Å². The van der Waals surface area contributed by atoms with Crippen LogP contribution in [0.1, 0.15) is 59.3 Å². The van der Waals surface area contributed by atoms with Crippen LogP contribution < -0.4 is 5.32 Å². The number of likely N-dealkylation sites (N-methyl/N-ethyl adjacent to an activating group) is 1. The molecule has 4 nitrogen and oxygen atoms in total. The second kappa shape index (κ2) is 6.92. The van der Waals surface area contributed by atoms with Crippen molar-refractivity contribution < 1.29 is 9.59 Å². The number of carbonyl (C=O) groups is 2. The summed E-state index contributed by atoms with van der Waals surface area (Å²) < 4.78 is 0. The largest absolute Gasteiger partial charge is 0.351 e. The molecule has 1 unspecified atom stereocenters. The Hall–Kier alpha value is -1.06. The summed E-state index contributed by atoms with van der Waals surface area (Å²) in [6.45, 7) is 6.82. The third-order valence-electron chi connectivity index (χ3n) is 3.98. The molecular formula is C15H28N2O2. The molecule has 1 aliphatic heterocycles. The Bertz CT molecular complexity index is 326. The van der Waals surface area contributed by atoms with Gasteiger partial charge in [-0.1, -0.05) is 40.0 Å². The maximum atomic E-state index is 12.3. The van der Waals surface area contributed by atoms with Gasteiger partial charge >= 0.3 is 0 Å². The topological polar surface area (TPSA) is 49.4 Å². The molecule has 1 saturated heterocycles. The van der Waals surface area contributed by atoms with Gasteiger partial charge in [0.2, 0.25) is 11.8 Å². The Morgan fingerprint density at radius 3 is 2.68 bits per heavy atom. The fraction of sp³-hybridized carbons (Fsp3) is 0.867. The number of hydrogen-bond acceptors (Lipinski definition) is 2. The van der Waals surface area contributed by atoms with Crippen LogP contribution in [0, 0.1) is 5.41 Å². The molecule has 2 amide bonds. The molecule has 1 fully saturated rings. The van der Waals surface area contributed by atoms with Gasteiger partial charge in [0.1, 0.15) is 0 Å². The molecule has 1 N–H and O–H groups in total. The van der Waals surface area contributed by atoms with E-state index in [0.29, 0.717) is 13.0 Å². The van der Waals surface area contributed by atoms with Crippen LogP contribution in [-0.2, 0) is 9.59 Å². The number of nitrogens with zero attached hydrogens (tertiary/aromatic N) is 1. The molecule has 0 saturated carbocycles. The van der Waals surface area contributed by atoms with Crippen molar-refractivity contribution >= 4 is 11.8 Å². The number of unbranched alkanes of at least 4 members (excludes halogenated alkanes) is 2. The maximum absolute atomic E-state index is 12.3. The molecule has 0 spiro atoms. The zero-order valence-corrected chi connectivity index (χ0v) is 12.8. The summed E-state index contributed by atoms with van der Waals surface area (Å²) in [5.74, 6) is 0.295. The van der Waals surface area contributed by atoms with Crippen LogP contribution in [0.4, 0.5) is 0 Å². The van der Waals surface area contributed by atoms with E-state index < -0.39 is 0 Å². The first-order chi connectivity index (χ1) is 8.86. The molecule has 0 radical (unpaired) electrons. The summed E-state index contributed by atoms with van der Waals surface area (Å²) in [6, 6.07) is 0.112. The molecule has 0 aromatic carbocycles. The standard InChI is InChI=1S/C15H28N2O2/c1-5-6-7-10-15(2,3)14(19)16-12-8-9-13(18)17(4)11-12/h12H,5-11H2,1-4H3,(H,16,19). The lowest BCUT2D eigenvalue weighted by Gasteiger charge is -2.33. The highest BCUT2D eigenvalue weighted by atomic mass is 16.2. The number of nitrogens with one attached hydrogen (secondary N) is 1. The van der Waals surface area contributed by atoms with E-state index in [4.69, 9.17) is 0 Å². The van der Waals surface area contributed by atoms with Gasteiger partial charge in [-0.3, -0.25) is 9.59 Å². The van der Waals surface area contributed by atoms with Gasteiger partial charge < -0.3 is 10.2 Å². The first kappa shape index (κ1) is 16.0. The van der Waals surface area contributed by atoms with Crippen LogP contribution >= 0.6 is 0 Å². The fourth-order valence-corrected chi connectivity index (χ4v) is 2.44. The minimum Gasteiger partial charge on any atom is -0.351 e. The summed E-state index contributed by atoms with van der Waals surface area (Å²) >= 11 is 0. The lowest BCUT2D eigenvalue weighted by atomic mass is 9.85. The van der Waals surface area contributed by atoms with Gasteiger partial charge in [0.15, 0.2) is 0 Å². The molecule has 0 bridgehead atoms. The van der Waals surface area contributed by atoms with Gasteiger partial charge in [-0.25, -0.2) is 0 Å². The molecule has 0 aliphatic carbocycles. The van der Waals surface area contributed by atoms with Crippen LogP contribution in [-0.4, -0.2) is 36.3 Å². The summed E-state index contributed by atoms with van der Waals surface area (Å²) in [6.07, 6.45) is 5.68. The summed E-state index contributed by atoms with van der Waals surface area (Å²) in [7, 11) is 1.80. The predicted molar refractivity (Wildman–Crippen MR) is 76.7 cm³/mol. The van der Waals surface area contributed by atoms with Crippen LogP contribution in [0.5, 0.6) is 0 Å². The molecule has 4 heteroatoms. The van der Waals surface area contributed by atoms with Crippen molar-refractivity contribution in [2.24, 2.45) is 5.41 Å². The molecule has 1 heterocycles. The first-order valence-corrected chi connectivity index (χ1v) is 7.41. The number of likely N-dealkylation sites (tertiary alicyclic amines) is 1. The van der Waals surface area contributed by atoms with Crippen LogP contribution in [0.15, 0.2) is 0 Å². The van der Waals surface area contributed by atoms with E-state index in [1.54, 1.807) is 11.9 Å². The molecule has 0 aromatic heterocycles. The number of rotatable bonds is 6. The van der Waals surface area contributed by atoms with Gasteiger partial charge in [0.05, 0.1) is 0 Å². The van der Waals surface area contributed by atoms with Crippen molar-refractivity contribution in [2.45, 2.75) is 65.3 Å². The Morgan fingerprint density at radius 2 is 2.11 bits per heavy atom.